The number of methoxy groups -OCH3 is 1. The average molecular weight is 334 g/mol. The number of hydrogen-bond acceptors (Lipinski definition) is 2. The second-order valence-corrected chi connectivity index (χ2v) is 3.74. The zero-order valence-electron chi connectivity index (χ0n) is 7.23. The molecule has 1 rings (SSSR count). The summed E-state index contributed by atoms with van der Waals surface area (Å²) in [6, 6.07) is 1.27. The fraction of sp³-hybridized carbons (Fsp3) is 0.375. The molecule has 14 heavy (non-hydrogen) atoms. The molecule has 1 aromatic heterocycles. The van der Waals surface area contributed by atoms with Crippen molar-refractivity contribution in [3.8, 4) is 5.75 Å². The van der Waals surface area contributed by atoms with Gasteiger partial charge in [-0.05, 0) is 28.7 Å². The summed E-state index contributed by atoms with van der Waals surface area (Å²) in [5.41, 5.74) is 0.347. The minimum Gasteiger partial charge on any atom is -0.495 e. The highest BCUT2D eigenvalue weighted by molar-refractivity contribution is 14.1. The number of alkyl halides is 3. The van der Waals surface area contributed by atoms with Crippen LogP contribution in [0.2, 0.25) is 0 Å². The molecule has 0 unspecified atom stereocenters. The van der Waals surface area contributed by atoms with Crippen molar-refractivity contribution in [3.05, 3.63) is 21.0 Å². The summed E-state index contributed by atoms with van der Waals surface area (Å²) in [6.07, 6.45) is -2.55. The summed E-state index contributed by atoms with van der Waals surface area (Å²) in [6.45, 7) is 0. The lowest BCUT2D eigenvalue weighted by Gasteiger charge is -2.09. The maximum Gasteiger partial charge on any atom is 0.266 e. The van der Waals surface area contributed by atoms with Gasteiger partial charge in [-0.2, -0.15) is 0 Å². The molecule has 0 bridgehead atoms. The average Bonchev–Trinajstić information content (AvgIpc) is 2.16. The maximum absolute atomic E-state index is 12.4. The Hall–Kier alpha value is -0.170. The summed E-state index contributed by atoms with van der Waals surface area (Å²) in [7, 11) is 1.40. The lowest BCUT2D eigenvalue weighted by atomic mass is 10.2. The van der Waals surface area contributed by atoms with Crippen LogP contribution < -0.4 is 4.74 Å². The number of rotatable bonds is 3. The number of ether oxygens (including phenoxy) is 1. The minimum absolute atomic E-state index is 0.128. The number of pyridine rings is 1. The van der Waals surface area contributed by atoms with E-state index in [1.165, 1.54) is 13.2 Å². The lowest BCUT2D eigenvalue weighted by Crippen LogP contribution is -2.00. The van der Waals surface area contributed by atoms with E-state index in [1.54, 1.807) is 22.6 Å². The van der Waals surface area contributed by atoms with Crippen molar-refractivity contribution in [3.63, 3.8) is 0 Å². The van der Waals surface area contributed by atoms with Crippen LogP contribution in [0, 0.1) is 3.70 Å². The van der Waals surface area contributed by atoms with E-state index in [4.69, 9.17) is 16.3 Å². The number of aromatic nitrogens is 1. The van der Waals surface area contributed by atoms with Gasteiger partial charge in [-0.15, -0.1) is 11.6 Å². The molecule has 0 spiro atoms. The first-order valence-corrected chi connectivity index (χ1v) is 5.29. The highest BCUT2D eigenvalue weighted by Gasteiger charge is 2.16. The molecule has 0 radical (unpaired) electrons. The molecule has 0 saturated carbocycles. The first-order chi connectivity index (χ1) is 6.60. The van der Waals surface area contributed by atoms with Crippen LogP contribution in [-0.4, -0.2) is 12.1 Å². The second kappa shape index (κ2) is 5.06. The van der Waals surface area contributed by atoms with Crippen molar-refractivity contribution < 1.29 is 13.5 Å². The quantitative estimate of drug-likeness (QED) is 0.481. The van der Waals surface area contributed by atoms with Gasteiger partial charge < -0.3 is 4.74 Å². The van der Waals surface area contributed by atoms with E-state index >= 15 is 0 Å². The maximum atomic E-state index is 12.4. The fourth-order valence-corrected chi connectivity index (χ4v) is 1.82. The van der Waals surface area contributed by atoms with E-state index in [9.17, 15) is 8.78 Å². The minimum atomic E-state index is -2.55. The Morgan fingerprint density at radius 2 is 2.29 bits per heavy atom. The molecule has 2 nitrogen and oxygen atoms in total. The first kappa shape index (κ1) is 11.9. The van der Waals surface area contributed by atoms with Crippen LogP contribution in [0.3, 0.4) is 0 Å². The number of nitrogens with zero attached hydrogens (tertiary/aromatic N) is 1. The van der Waals surface area contributed by atoms with E-state index in [0.29, 0.717) is 11.4 Å². The van der Waals surface area contributed by atoms with Crippen LogP contribution in [0.1, 0.15) is 17.7 Å². The van der Waals surface area contributed by atoms with Crippen molar-refractivity contribution in [1.82, 2.24) is 4.98 Å². The van der Waals surface area contributed by atoms with Gasteiger partial charge in [0.05, 0.1) is 24.2 Å². The van der Waals surface area contributed by atoms with Gasteiger partial charge in [0.1, 0.15) is 9.45 Å². The Morgan fingerprint density at radius 3 is 2.71 bits per heavy atom. The Kier molecular flexibility index (Phi) is 4.31. The van der Waals surface area contributed by atoms with Gasteiger partial charge in [-0.3, -0.25) is 0 Å². The summed E-state index contributed by atoms with van der Waals surface area (Å²) < 4.78 is 30.0. The van der Waals surface area contributed by atoms with E-state index in [-0.39, 0.29) is 15.1 Å². The van der Waals surface area contributed by atoms with Gasteiger partial charge in [0.25, 0.3) is 6.43 Å². The van der Waals surface area contributed by atoms with E-state index in [2.05, 4.69) is 4.98 Å². The monoisotopic (exact) mass is 333 g/mol. The molecule has 0 N–H and O–H groups in total. The zero-order valence-corrected chi connectivity index (χ0v) is 10.1. The molecule has 78 valence electrons. The predicted octanol–water partition coefficient (Wildman–Crippen LogP) is 3.37. The Balaban J connectivity index is 3.23. The SMILES string of the molecule is COc1cc(C(F)F)c(I)nc1CCl. The molecule has 1 heterocycles. The van der Waals surface area contributed by atoms with Crippen LogP contribution >= 0.6 is 34.2 Å². The summed E-state index contributed by atoms with van der Waals surface area (Å²) in [4.78, 5) is 3.93. The van der Waals surface area contributed by atoms with Gasteiger partial charge >= 0.3 is 0 Å². The standard InChI is InChI=1S/C8H7ClF2INO/c1-14-6-2-4(7(10)11)8(12)13-5(6)3-9/h2,7H,3H2,1H3. The Labute approximate surface area is 98.8 Å². The molecule has 0 aliphatic carbocycles. The van der Waals surface area contributed by atoms with Crippen molar-refractivity contribution in [2.75, 3.05) is 7.11 Å². The topological polar surface area (TPSA) is 22.1 Å². The summed E-state index contributed by atoms with van der Waals surface area (Å²) >= 11 is 7.33. The van der Waals surface area contributed by atoms with Gasteiger partial charge in [0.15, 0.2) is 0 Å². The van der Waals surface area contributed by atoms with E-state index < -0.39 is 6.43 Å². The Morgan fingerprint density at radius 1 is 1.64 bits per heavy atom. The molecule has 6 heteroatoms. The van der Waals surface area contributed by atoms with Crippen molar-refractivity contribution in [2.24, 2.45) is 0 Å². The third-order valence-corrected chi connectivity index (χ3v) is 2.74. The molecule has 0 aromatic carbocycles. The third kappa shape index (κ3) is 2.44. The zero-order chi connectivity index (χ0) is 10.7. The molecule has 0 fully saturated rings. The lowest BCUT2D eigenvalue weighted by molar-refractivity contribution is 0.149. The number of halogens is 4. The van der Waals surface area contributed by atoms with Gasteiger partial charge in [-0.25, -0.2) is 13.8 Å². The molecule has 0 aliphatic rings. The fourth-order valence-electron chi connectivity index (χ4n) is 0.948. The van der Waals surface area contributed by atoms with Crippen LogP contribution in [0.4, 0.5) is 8.78 Å². The highest BCUT2D eigenvalue weighted by Crippen LogP contribution is 2.29. The predicted molar refractivity (Wildman–Crippen MR) is 58.0 cm³/mol. The molecule has 0 amide bonds. The van der Waals surface area contributed by atoms with Crippen molar-refractivity contribution in [1.29, 1.82) is 0 Å². The second-order valence-electron chi connectivity index (χ2n) is 2.45. The largest absolute Gasteiger partial charge is 0.495 e. The van der Waals surface area contributed by atoms with Gasteiger partial charge in [0, 0.05) is 0 Å². The van der Waals surface area contributed by atoms with Crippen molar-refractivity contribution >= 4 is 34.2 Å². The molecular formula is C8H7ClF2INO. The normalized spacial score (nSPS) is 10.7. The molecular weight excluding hydrogens is 326 g/mol. The molecule has 0 aliphatic heterocycles. The van der Waals surface area contributed by atoms with Crippen LogP contribution in [-0.2, 0) is 5.88 Å². The van der Waals surface area contributed by atoms with Crippen molar-refractivity contribution in [2.45, 2.75) is 12.3 Å². The van der Waals surface area contributed by atoms with E-state index in [0.717, 1.165) is 0 Å². The smallest absolute Gasteiger partial charge is 0.266 e. The van der Waals surface area contributed by atoms with Crippen LogP contribution in [0.5, 0.6) is 5.75 Å². The van der Waals surface area contributed by atoms with E-state index in [1.807, 2.05) is 0 Å². The summed E-state index contributed by atoms with van der Waals surface area (Å²) in [5.74, 6) is 0.443. The van der Waals surface area contributed by atoms with Crippen LogP contribution in [0.15, 0.2) is 6.07 Å². The molecule has 1 aromatic rings. The molecule has 0 saturated heterocycles. The number of hydrogen-bond donors (Lipinski definition) is 0. The first-order valence-electron chi connectivity index (χ1n) is 3.67. The third-order valence-electron chi connectivity index (χ3n) is 1.62. The molecule has 0 atom stereocenters. The summed E-state index contributed by atoms with van der Waals surface area (Å²) in [5, 5.41) is 0. The van der Waals surface area contributed by atoms with Gasteiger partial charge in [0.2, 0.25) is 0 Å². The Bertz CT molecular complexity index is 335. The van der Waals surface area contributed by atoms with Crippen LogP contribution in [0.25, 0.3) is 0 Å². The highest BCUT2D eigenvalue weighted by atomic mass is 127. The van der Waals surface area contributed by atoms with Gasteiger partial charge in [-0.1, -0.05) is 0 Å².